The minimum Gasteiger partial charge on any atom is -0.477 e. The Bertz CT molecular complexity index is 815. The maximum absolute atomic E-state index is 12.4. The number of H-pyrrole nitrogens is 1. The van der Waals surface area contributed by atoms with Gasteiger partial charge in [0.05, 0.1) is 5.69 Å². The highest BCUT2D eigenvalue weighted by Crippen LogP contribution is 2.28. The Hall–Kier alpha value is -1.32. The molecular formula is C12H10Br2N2O4S. The number of aromatic nitrogens is 1. The van der Waals surface area contributed by atoms with Gasteiger partial charge in [-0.15, -0.1) is 0 Å². The lowest BCUT2D eigenvalue weighted by Crippen LogP contribution is -2.15. The molecule has 0 aliphatic heterocycles. The molecule has 1 aromatic heterocycles. The first kappa shape index (κ1) is 16.1. The molecular weight excluding hydrogens is 428 g/mol. The van der Waals surface area contributed by atoms with E-state index in [1.165, 1.54) is 12.1 Å². The van der Waals surface area contributed by atoms with Gasteiger partial charge in [-0.2, -0.15) is 0 Å². The van der Waals surface area contributed by atoms with Crippen LogP contribution in [0.5, 0.6) is 0 Å². The van der Waals surface area contributed by atoms with Gasteiger partial charge in [0.25, 0.3) is 10.0 Å². The number of carboxylic acids is 1. The van der Waals surface area contributed by atoms with Crippen LogP contribution in [0, 0.1) is 6.92 Å². The molecule has 0 aliphatic carbocycles. The van der Waals surface area contributed by atoms with E-state index in [-0.39, 0.29) is 16.3 Å². The van der Waals surface area contributed by atoms with E-state index in [9.17, 15) is 13.2 Å². The molecule has 0 atom stereocenters. The number of sulfonamides is 1. The highest BCUT2D eigenvalue weighted by molar-refractivity contribution is 9.11. The van der Waals surface area contributed by atoms with Crippen LogP contribution in [0.4, 0.5) is 5.69 Å². The zero-order chi connectivity index (χ0) is 15.8. The van der Waals surface area contributed by atoms with Crippen molar-refractivity contribution < 1.29 is 18.3 Å². The second-order valence-corrected chi connectivity index (χ2v) is 7.65. The van der Waals surface area contributed by atoms with E-state index in [2.05, 4.69) is 41.6 Å². The summed E-state index contributed by atoms with van der Waals surface area (Å²) in [6.45, 7) is 1.64. The molecule has 1 heterocycles. The second kappa shape index (κ2) is 5.82. The van der Waals surface area contributed by atoms with Crippen molar-refractivity contribution in [3.05, 3.63) is 44.6 Å². The average Bonchev–Trinajstić information content (AvgIpc) is 2.72. The van der Waals surface area contributed by atoms with Gasteiger partial charge < -0.3 is 10.1 Å². The van der Waals surface area contributed by atoms with Gasteiger partial charge in [-0.1, -0.05) is 15.9 Å². The summed E-state index contributed by atoms with van der Waals surface area (Å²) in [5.41, 5.74) is 0.326. The lowest BCUT2D eigenvalue weighted by atomic mass is 10.4. The van der Waals surface area contributed by atoms with Gasteiger partial charge in [-0.3, -0.25) is 4.72 Å². The highest BCUT2D eigenvalue weighted by Gasteiger charge is 2.22. The molecule has 1 aromatic carbocycles. The summed E-state index contributed by atoms with van der Waals surface area (Å²) in [4.78, 5) is 13.7. The van der Waals surface area contributed by atoms with E-state index in [0.29, 0.717) is 14.6 Å². The molecule has 0 fully saturated rings. The smallest absolute Gasteiger partial charge is 0.354 e. The van der Waals surface area contributed by atoms with Crippen molar-refractivity contribution in [1.29, 1.82) is 0 Å². The van der Waals surface area contributed by atoms with E-state index < -0.39 is 16.0 Å². The fourth-order valence-corrected chi connectivity index (χ4v) is 4.29. The lowest BCUT2D eigenvalue weighted by molar-refractivity contribution is 0.0692. The minimum absolute atomic E-state index is 0.00654. The van der Waals surface area contributed by atoms with Gasteiger partial charge in [0.2, 0.25) is 0 Å². The molecule has 3 N–H and O–H groups in total. The third kappa shape index (κ3) is 3.47. The predicted octanol–water partition coefficient (Wildman–Crippen LogP) is 3.35. The summed E-state index contributed by atoms with van der Waals surface area (Å²) in [6, 6.07) is 6.12. The SMILES string of the molecule is Cc1cc(NS(=O)(=O)c2cc(Br)ccc2Br)c(C(=O)O)[nH]1. The van der Waals surface area contributed by atoms with Crippen LogP contribution < -0.4 is 4.72 Å². The number of aromatic amines is 1. The van der Waals surface area contributed by atoms with Crippen LogP contribution in [0.3, 0.4) is 0 Å². The number of carbonyl (C=O) groups is 1. The van der Waals surface area contributed by atoms with Gasteiger partial charge >= 0.3 is 5.97 Å². The fourth-order valence-electron chi connectivity index (χ4n) is 1.72. The lowest BCUT2D eigenvalue weighted by Gasteiger charge is -2.09. The van der Waals surface area contributed by atoms with Crippen LogP contribution in [-0.4, -0.2) is 24.5 Å². The third-order valence-electron chi connectivity index (χ3n) is 2.59. The van der Waals surface area contributed by atoms with Crippen molar-refractivity contribution >= 4 is 53.5 Å². The monoisotopic (exact) mass is 436 g/mol. The quantitative estimate of drug-likeness (QED) is 0.682. The molecule has 6 nitrogen and oxygen atoms in total. The first-order chi connectivity index (χ1) is 9.70. The molecule has 2 rings (SSSR count). The number of aryl methyl sites for hydroxylation is 1. The Kier molecular flexibility index (Phi) is 4.45. The number of hydrogen-bond acceptors (Lipinski definition) is 3. The number of carboxylic acid groups (broad SMARTS) is 1. The van der Waals surface area contributed by atoms with E-state index in [1.54, 1.807) is 19.1 Å². The number of anilines is 1. The van der Waals surface area contributed by atoms with Crippen LogP contribution in [-0.2, 0) is 10.0 Å². The molecule has 9 heteroatoms. The summed E-state index contributed by atoms with van der Waals surface area (Å²) >= 11 is 6.37. The molecule has 0 amide bonds. The third-order valence-corrected chi connectivity index (χ3v) is 5.45. The Balaban J connectivity index is 2.47. The molecule has 112 valence electrons. The second-order valence-electron chi connectivity index (χ2n) is 4.23. The average molecular weight is 438 g/mol. The Morgan fingerprint density at radius 1 is 1.29 bits per heavy atom. The number of rotatable bonds is 4. The van der Waals surface area contributed by atoms with Gasteiger partial charge in [-0.05, 0) is 47.1 Å². The largest absolute Gasteiger partial charge is 0.477 e. The van der Waals surface area contributed by atoms with Crippen molar-refractivity contribution in [1.82, 2.24) is 4.98 Å². The van der Waals surface area contributed by atoms with Crippen LogP contribution >= 0.6 is 31.9 Å². The van der Waals surface area contributed by atoms with Crippen LogP contribution in [0.2, 0.25) is 0 Å². The number of benzene rings is 1. The van der Waals surface area contributed by atoms with Gasteiger partial charge in [0.1, 0.15) is 10.6 Å². The van der Waals surface area contributed by atoms with E-state index in [1.807, 2.05) is 0 Å². The van der Waals surface area contributed by atoms with E-state index in [0.717, 1.165) is 0 Å². The summed E-state index contributed by atoms with van der Waals surface area (Å²) in [7, 11) is -3.92. The summed E-state index contributed by atoms with van der Waals surface area (Å²) in [5, 5.41) is 9.06. The van der Waals surface area contributed by atoms with Crippen LogP contribution in [0.15, 0.2) is 38.1 Å². The molecule has 0 radical (unpaired) electrons. The van der Waals surface area contributed by atoms with E-state index >= 15 is 0 Å². The fraction of sp³-hybridized carbons (Fsp3) is 0.0833. The number of nitrogens with one attached hydrogen (secondary N) is 2. The molecule has 2 aromatic rings. The first-order valence-corrected chi connectivity index (χ1v) is 8.68. The zero-order valence-corrected chi connectivity index (χ0v) is 14.6. The molecule has 0 saturated carbocycles. The van der Waals surface area contributed by atoms with E-state index in [4.69, 9.17) is 5.11 Å². The van der Waals surface area contributed by atoms with Crippen molar-refractivity contribution in [2.45, 2.75) is 11.8 Å². The summed E-state index contributed by atoms with van der Waals surface area (Å²) in [5.74, 6) is -1.24. The maximum Gasteiger partial charge on any atom is 0.354 e. The Morgan fingerprint density at radius 3 is 2.57 bits per heavy atom. The zero-order valence-electron chi connectivity index (χ0n) is 10.6. The van der Waals surface area contributed by atoms with Crippen LogP contribution in [0.25, 0.3) is 0 Å². The molecule has 0 saturated heterocycles. The van der Waals surface area contributed by atoms with Crippen LogP contribution in [0.1, 0.15) is 16.2 Å². The molecule has 0 aliphatic rings. The highest BCUT2D eigenvalue weighted by atomic mass is 79.9. The predicted molar refractivity (Wildman–Crippen MR) is 85.1 cm³/mol. The van der Waals surface area contributed by atoms with Crippen molar-refractivity contribution in [2.24, 2.45) is 0 Å². The summed E-state index contributed by atoms with van der Waals surface area (Å²) in [6.07, 6.45) is 0. The Morgan fingerprint density at radius 2 is 1.95 bits per heavy atom. The maximum atomic E-state index is 12.4. The first-order valence-electron chi connectivity index (χ1n) is 5.61. The molecule has 21 heavy (non-hydrogen) atoms. The molecule has 0 bridgehead atoms. The van der Waals surface area contributed by atoms with Gasteiger partial charge in [-0.25, -0.2) is 13.2 Å². The van der Waals surface area contributed by atoms with Gasteiger partial charge in [0, 0.05) is 14.6 Å². The van der Waals surface area contributed by atoms with Crippen molar-refractivity contribution in [3.63, 3.8) is 0 Å². The minimum atomic E-state index is -3.92. The van der Waals surface area contributed by atoms with Crippen molar-refractivity contribution in [3.8, 4) is 0 Å². The molecule has 0 spiro atoms. The van der Waals surface area contributed by atoms with Crippen molar-refractivity contribution in [2.75, 3.05) is 4.72 Å². The standard InChI is InChI=1S/C12H10Br2N2O4S/c1-6-4-9(11(15-6)12(17)18)16-21(19,20)10-5-7(13)2-3-8(10)14/h2-5,15-16H,1H3,(H,17,18). The number of halogens is 2. The normalized spacial score (nSPS) is 11.4. The summed E-state index contributed by atoms with van der Waals surface area (Å²) < 4.78 is 28.0. The number of aromatic carboxylic acids is 1. The number of hydrogen-bond donors (Lipinski definition) is 3. The van der Waals surface area contributed by atoms with Gasteiger partial charge in [0.15, 0.2) is 0 Å². The Labute approximate surface area is 137 Å². The topological polar surface area (TPSA) is 99.3 Å². The molecule has 0 unspecified atom stereocenters.